The Labute approximate surface area is 136 Å². The summed E-state index contributed by atoms with van der Waals surface area (Å²) < 4.78 is 31.9. The molecule has 3 rings (SSSR count). The monoisotopic (exact) mass is 332 g/mol. The van der Waals surface area contributed by atoms with E-state index in [2.05, 4.69) is 0 Å². The summed E-state index contributed by atoms with van der Waals surface area (Å²) in [4.78, 5) is 12.1. The Kier molecular flexibility index (Phi) is 4.48. The van der Waals surface area contributed by atoms with Crippen molar-refractivity contribution < 1.29 is 13.2 Å². The molecular formula is C18H14F2O2S. The minimum absolute atomic E-state index is 0.345. The summed E-state index contributed by atoms with van der Waals surface area (Å²) >= 11 is 1.22. The van der Waals surface area contributed by atoms with Gasteiger partial charge in [0.2, 0.25) is 0 Å². The van der Waals surface area contributed by atoms with Crippen molar-refractivity contribution in [3.05, 3.63) is 75.6 Å². The first kappa shape index (κ1) is 15.7. The van der Waals surface area contributed by atoms with Gasteiger partial charge >= 0.3 is 5.63 Å². The molecule has 0 spiro atoms. The third-order valence-electron chi connectivity index (χ3n) is 3.58. The van der Waals surface area contributed by atoms with Crippen molar-refractivity contribution in [3.8, 4) is 0 Å². The predicted molar refractivity (Wildman–Crippen MR) is 87.8 cm³/mol. The van der Waals surface area contributed by atoms with Gasteiger partial charge in [-0.1, -0.05) is 19.1 Å². The van der Waals surface area contributed by atoms with E-state index in [4.69, 9.17) is 4.42 Å². The largest absolute Gasteiger partial charge is 0.423 e. The van der Waals surface area contributed by atoms with Gasteiger partial charge in [-0.15, -0.1) is 11.8 Å². The SMILES string of the molecule is CCc1ccc2c(CSc3ccc(F)cc3F)cc(=O)oc2c1. The van der Waals surface area contributed by atoms with Crippen LogP contribution in [-0.4, -0.2) is 0 Å². The van der Waals surface area contributed by atoms with Gasteiger partial charge in [-0.3, -0.25) is 0 Å². The molecule has 0 aliphatic heterocycles. The number of halogens is 2. The molecule has 0 amide bonds. The number of hydrogen-bond acceptors (Lipinski definition) is 3. The normalized spacial score (nSPS) is 11.1. The van der Waals surface area contributed by atoms with Crippen molar-refractivity contribution in [1.29, 1.82) is 0 Å². The Morgan fingerprint density at radius 2 is 1.91 bits per heavy atom. The van der Waals surface area contributed by atoms with Crippen LogP contribution >= 0.6 is 11.8 Å². The molecule has 0 atom stereocenters. The van der Waals surface area contributed by atoms with Crippen LogP contribution < -0.4 is 5.63 Å². The van der Waals surface area contributed by atoms with E-state index in [1.165, 1.54) is 30.0 Å². The Hall–Kier alpha value is -2.14. The van der Waals surface area contributed by atoms with Crippen LogP contribution in [0.15, 0.2) is 56.6 Å². The van der Waals surface area contributed by atoms with Gasteiger partial charge in [0.15, 0.2) is 0 Å². The van der Waals surface area contributed by atoms with Crippen LogP contribution in [0.25, 0.3) is 11.0 Å². The van der Waals surface area contributed by atoms with Gasteiger partial charge in [0.25, 0.3) is 0 Å². The second-order valence-electron chi connectivity index (χ2n) is 5.14. The highest BCUT2D eigenvalue weighted by atomic mass is 32.2. The molecule has 0 bridgehead atoms. The fraction of sp³-hybridized carbons (Fsp3) is 0.167. The van der Waals surface area contributed by atoms with Crippen LogP contribution in [-0.2, 0) is 12.2 Å². The third kappa shape index (κ3) is 3.45. The van der Waals surface area contributed by atoms with E-state index < -0.39 is 17.3 Å². The quantitative estimate of drug-likeness (QED) is 0.501. The molecule has 23 heavy (non-hydrogen) atoms. The lowest BCUT2D eigenvalue weighted by Gasteiger charge is -2.07. The molecule has 2 nitrogen and oxygen atoms in total. The molecule has 1 heterocycles. The first-order chi connectivity index (χ1) is 11.1. The highest BCUT2D eigenvalue weighted by molar-refractivity contribution is 7.98. The lowest BCUT2D eigenvalue weighted by atomic mass is 10.1. The van der Waals surface area contributed by atoms with Crippen LogP contribution in [0.3, 0.4) is 0 Å². The van der Waals surface area contributed by atoms with Crippen molar-refractivity contribution in [2.24, 2.45) is 0 Å². The highest BCUT2D eigenvalue weighted by Gasteiger charge is 2.09. The van der Waals surface area contributed by atoms with Crippen molar-refractivity contribution in [2.45, 2.75) is 24.0 Å². The van der Waals surface area contributed by atoms with Crippen LogP contribution in [0, 0.1) is 11.6 Å². The van der Waals surface area contributed by atoms with Gasteiger partial charge in [-0.05, 0) is 35.7 Å². The smallest absolute Gasteiger partial charge is 0.336 e. The fourth-order valence-electron chi connectivity index (χ4n) is 2.36. The molecule has 0 fully saturated rings. The van der Waals surface area contributed by atoms with Crippen LogP contribution in [0.5, 0.6) is 0 Å². The number of aryl methyl sites for hydroxylation is 1. The maximum Gasteiger partial charge on any atom is 0.336 e. The van der Waals surface area contributed by atoms with Crippen molar-refractivity contribution in [1.82, 2.24) is 0 Å². The summed E-state index contributed by atoms with van der Waals surface area (Å²) in [6.07, 6.45) is 0.847. The summed E-state index contributed by atoms with van der Waals surface area (Å²) in [6.45, 7) is 2.02. The van der Waals surface area contributed by atoms with Gasteiger partial charge in [-0.25, -0.2) is 13.6 Å². The fourth-order valence-corrected chi connectivity index (χ4v) is 3.27. The topological polar surface area (TPSA) is 30.2 Å². The van der Waals surface area contributed by atoms with Gasteiger partial charge in [0, 0.05) is 28.2 Å². The minimum Gasteiger partial charge on any atom is -0.423 e. The molecular weight excluding hydrogens is 318 g/mol. The van der Waals surface area contributed by atoms with Crippen LogP contribution in [0.2, 0.25) is 0 Å². The molecule has 2 aromatic carbocycles. The zero-order chi connectivity index (χ0) is 16.4. The Morgan fingerprint density at radius 1 is 1.09 bits per heavy atom. The molecule has 0 radical (unpaired) electrons. The average molecular weight is 332 g/mol. The summed E-state index contributed by atoms with van der Waals surface area (Å²) in [5.74, 6) is -0.809. The Balaban J connectivity index is 1.94. The van der Waals surface area contributed by atoms with Crippen molar-refractivity contribution in [2.75, 3.05) is 0 Å². The lowest BCUT2D eigenvalue weighted by Crippen LogP contribution is -2.00. The average Bonchev–Trinajstić information content (AvgIpc) is 2.53. The van der Waals surface area contributed by atoms with E-state index in [1.54, 1.807) is 0 Å². The second-order valence-corrected chi connectivity index (χ2v) is 6.16. The van der Waals surface area contributed by atoms with E-state index in [-0.39, 0.29) is 0 Å². The van der Waals surface area contributed by atoms with Gasteiger partial charge in [-0.2, -0.15) is 0 Å². The second kappa shape index (κ2) is 6.54. The molecule has 3 aromatic rings. The molecule has 0 unspecified atom stereocenters. The van der Waals surface area contributed by atoms with Crippen molar-refractivity contribution in [3.63, 3.8) is 0 Å². The molecule has 0 N–H and O–H groups in total. The molecule has 0 aliphatic rings. The Morgan fingerprint density at radius 3 is 2.65 bits per heavy atom. The zero-order valence-corrected chi connectivity index (χ0v) is 13.3. The van der Waals surface area contributed by atoms with Crippen molar-refractivity contribution >= 4 is 22.7 Å². The van der Waals surface area contributed by atoms with E-state index in [0.717, 1.165) is 29.0 Å². The Bertz CT molecular complexity index is 919. The molecule has 5 heteroatoms. The van der Waals surface area contributed by atoms with Gasteiger partial charge in [0.1, 0.15) is 17.2 Å². The lowest BCUT2D eigenvalue weighted by molar-refractivity contribution is 0.559. The number of fused-ring (bicyclic) bond motifs is 1. The summed E-state index contributed by atoms with van der Waals surface area (Å²) in [5.41, 5.74) is 1.95. The molecule has 0 saturated carbocycles. The van der Waals surface area contributed by atoms with E-state index in [1.807, 2.05) is 25.1 Å². The first-order valence-electron chi connectivity index (χ1n) is 7.20. The summed E-state index contributed by atoms with van der Waals surface area (Å²) in [6, 6.07) is 10.6. The van der Waals surface area contributed by atoms with Crippen LogP contribution in [0.4, 0.5) is 8.78 Å². The van der Waals surface area contributed by atoms with E-state index in [9.17, 15) is 13.6 Å². The maximum absolute atomic E-state index is 13.7. The highest BCUT2D eigenvalue weighted by Crippen LogP contribution is 2.29. The molecule has 0 aliphatic carbocycles. The van der Waals surface area contributed by atoms with E-state index in [0.29, 0.717) is 16.2 Å². The van der Waals surface area contributed by atoms with Crippen LogP contribution in [0.1, 0.15) is 18.1 Å². The number of hydrogen-bond donors (Lipinski definition) is 0. The standard InChI is InChI=1S/C18H14F2O2S/c1-2-11-3-5-14-12(8-18(21)22-16(14)7-11)10-23-17-6-4-13(19)9-15(17)20/h3-9H,2,10H2,1H3. The van der Waals surface area contributed by atoms with Gasteiger partial charge in [0.05, 0.1) is 0 Å². The summed E-state index contributed by atoms with van der Waals surface area (Å²) in [7, 11) is 0. The molecule has 0 saturated heterocycles. The summed E-state index contributed by atoms with van der Waals surface area (Å²) in [5, 5.41) is 0.830. The number of rotatable bonds is 4. The predicted octanol–water partition coefficient (Wildman–Crippen LogP) is 4.93. The number of benzene rings is 2. The molecule has 1 aromatic heterocycles. The number of thioether (sulfide) groups is 1. The first-order valence-corrected chi connectivity index (χ1v) is 8.19. The van der Waals surface area contributed by atoms with E-state index >= 15 is 0 Å². The third-order valence-corrected chi connectivity index (χ3v) is 4.68. The molecule has 118 valence electrons. The zero-order valence-electron chi connectivity index (χ0n) is 12.4. The maximum atomic E-state index is 13.7. The van der Waals surface area contributed by atoms with Gasteiger partial charge < -0.3 is 4.42 Å². The minimum atomic E-state index is -0.607.